The van der Waals surface area contributed by atoms with Crippen LogP contribution in [-0.2, 0) is 14.3 Å². The highest BCUT2D eigenvalue weighted by Gasteiger charge is 2.24. The third-order valence-corrected chi connectivity index (χ3v) is 2.27. The Morgan fingerprint density at radius 1 is 1.20 bits per heavy atom. The number of carboxylic acids is 1. The lowest BCUT2D eigenvalue weighted by Gasteiger charge is -2.27. The molecule has 0 aliphatic rings. The van der Waals surface area contributed by atoms with Crippen LogP contribution in [0.2, 0.25) is 0 Å². The molecule has 20 heavy (non-hydrogen) atoms. The van der Waals surface area contributed by atoms with Gasteiger partial charge in [-0.05, 0) is 13.3 Å². The predicted octanol–water partition coefficient (Wildman–Crippen LogP) is 0.401. The van der Waals surface area contributed by atoms with Crippen LogP contribution in [0.1, 0.15) is 20.3 Å². The van der Waals surface area contributed by atoms with Crippen molar-refractivity contribution in [2.45, 2.75) is 20.3 Å². The first-order valence-corrected chi connectivity index (χ1v) is 6.30. The molecule has 0 heterocycles. The zero-order valence-electron chi connectivity index (χ0n) is 11.8. The highest BCUT2D eigenvalue weighted by Crippen LogP contribution is 2.02. The second-order valence-corrected chi connectivity index (χ2v) is 3.96. The van der Waals surface area contributed by atoms with E-state index >= 15 is 0 Å². The van der Waals surface area contributed by atoms with E-state index in [0.717, 1.165) is 4.90 Å². The zero-order valence-corrected chi connectivity index (χ0v) is 11.8. The van der Waals surface area contributed by atoms with E-state index in [4.69, 9.17) is 16.3 Å². The largest absolute Gasteiger partial charge is 0.480 e. The van der Waals surface area contributed by atoms with Gasteiger partial charge in [0.2, 0.25) is 0 Å². The molecule has 0 unspecified atom stereocenters. The van der Waals surface area contributed by atoms with Gasteiger partial charge in [0.25, 0.3) is 0 Å². The molecule has 0 fully saturated rings. The Bertz CT molecular complexity index is 389. The molecule has 0 aromatic rings. The van der Waals surface area contributed by atoms with E-state index in [1.165, 1.54) is 4.90 Å². The van der Waals surface area contributed by atoms with Crippen molar-refractivity contribution in [2.24, 2.45) is 0 Å². The van der Waals surface area contributed by atoms with Gasteiger partial charge in [-0.2, -0.15) is 0 Å². The van der Waals surface area contributed by atoms with Gasteiger partial charge in [0, 0.05) is 6.54 Å². The first-order valence-electron chi connectivity index (χ1n) is 6.30. The van der Waals surface area contributed by atoms with E-state index < -0.39 is 24.5 Å². The van der Waals surface area contributed by atoms with Crippen molar-refractivity contribution in [3.8, 4) is 12.3 Å². The smallest absolute Gasteiger partial charge is 0.325 e. The molecule has 0 aromatic carbocycles. The predicted molar refractivity (Wildman–Crippen MR) is 71.9 cm³/mol. The number of urea groups is 1. The quantitative estimate of drug-likeness (QED) is 0.515. The number of ether oxygens (including phenoxy) is 1. The Kier molecular flexibility index (Phi) is 8.59. The maximum atomic E-state index is 12.2. The second-order valence-electron chi connectivity index (χ2n) is 3.96. The van der Waals surface area contributed by atoms with Crippen LogP contribution in [0, 0.1) is 12.3 Å². The second kappa shape index (κ2) is 9.67. The molecule has 0 radical (unpaired) electrons. The summed E-state index contributed by atoms with van der Waals surface area (Å²) in [5.74, 6) is 0.526. The molecule has 0 bridgehead atoms. The van der Waals surface area contributed by atoms with Crippen LogP contribution in [0.5, 0.6) is 0 Å². The van der Waals surface area contributed by atoms with E-state index in [0.29, 0.717) is 13.0 Å². The molecule has 0 saturated heterocycles. The number of terminal acetylenes is 1. The van der Waals surface area contributed by atoms with Crippen molar-refractivity contribution >= 4 is 18.0 Å². The molecule has 2 amide bonds. The molecular weight excluding hydrogens is 264 g/mol. The van der Waals surface area contributed by atoms with Gasteiger partial charge in [-0.1, -0.05) is 12.8 Å². The summed E-state index contributed by atoms with van der Waals surface area (Å²) in [7, 11) is 0. The third-order valence-electron chi connectivity index (χ3n) is 2.27. The lowest BCUT2D eigenvalue weighted by molar-refractivity contribution is -0.143. The van der Waals surface area contributed by atoms with Crippen LogP contribution in [0.3, 0.4) is 0 Å². The van der Waals surface area contributed by atoms with Crippen molar-refractivity contribution < 1.29 is 24.2 Å². The molecule has 0 rings (SSSR count). The lowest BCUT2D eigenvalue weighted by Crippen LogP contribution is -2.47. The van der Waals surface area contributed by atoms with Crippen LogP contribution >= 0.6 is 0 Å². The molecule has 0 aliphatic heterocycles. The number of nitrogens with zero attached hydrogens (tertiary/aromatic N) is 2. The average Bonchev–Trinajstić information content (AvgIpc) is 2.36. The molecule has 0 aromatic heterocycles. The number of carbonyl (C=O) groups excluding carboxylic acids is 2. The third kappa shape index (κ3) is 6.64. The first-order chi connectivity index (χ1) is 9.46. The molecule has 0 spiro atoms. The van der Waals surface area contributed by atoms with Crippen LogP contribution in [0.25, 0.3) is 0 Å². The lowest BCUT2D eigenvalue weighted by atomic mass is 10.4. The summed E-state index contributed by atoms with van der Waals surface area (Å²) < 4.78 is 4.78. The van der Waals surface area contributed by atoms with Crippen LogP contribution in [0.15, 0.2) is 0 Å². The Hall–Kier alpha value is -2.23. The molecule has 0 aliphatic carbocycles. The van der Waals surface area contributed by atoms with Gasteiger partial charge in [0.1, 0.15) is 13.1 Å². The number of rotatable bonds is 8. The van der Waals surface area contributed by atoms with Crippen LogP contribution in [-0.4, -0.2) is 65.7 Å². The van der Waals surface area contributed by atoms with Crippen LogP contribution in [0.4, 0.5) is 4.79 Å². The Balaban J connectivity index is 4.85. The van der Waals surface area contributed by atoms with Crippen molar-refractivity contribution in [2.75, 3.05) is 32.8 Å². The summed E-state index contributed by atoms with van der Waals surface area (Å²) in [5, 5.41) is 8.76. The maximum absolute atomic E-state index is 12.2. The van der Waals surface area contributed by atoms with E-state index in [-0.39, 0.29) is 19.7 Å². The number of amides is 2. The molecule has 7 heteroatoms. The van der Waals surface area contributed by atoms with Crippen molar-refractivity contribution in [1.82, 2.24) is 9.80 Å². The first kappa shape index (κ1) is 17.8. The summed E-state index contributed by atoms with van der Waals surface area (Å²) >= 11 is 0. The number of esters is 1. The normalized spacial score (nSPS) is 9.45. The minimum atomic E-state index is -1.17. The monoisotopic (exact) mass is 284 g/mol. The summed E-state index contributed by atoms with van der Waals surface area (Å²) in [4.78, 5) is 36.6. The number of hydrogen-bond donors (Lipinski definition) is 1. The van der Waals surface area contributed by atoms with Gasteiger partial charge in [-0.15, -0.1) is 6.42 Å². The highest BCUT2D eigenvalue weighted by atomic mass is 16.5. The number of aliphatic carboxylic acids is 1. The molecular formula is C13H20N2O5. The highest BCUT2D eigenvalue weighted by molar-refractivity contribution is 5.84. The minimum absolute atomic E-state index is 0.131. The summed E-state index contributed by atoms with van der Waals surface area (Å²) in [5.41, 5.74) is 0. The Morgan fingerprint density at radius 2 is 1.85 bits per heavy atom. The summed E-state index contributed by atoms with van der Waals surface area (Å²) in [6.45, 7) is 3.18. The summed E-state index contributed by atoms with van der Waals surface area (Å²) in [6.07, 6.45) is 5.75. The van der Waals surface area contributed by atoms with E-state index in [2.05, 4.69) is 5.92 Å². The topological polar surface area (TPSA) is 87.2 Å². The van der Waals surface area contributed by atoms with E-state index in [1.807, 2.05) is 6.92 Å². The standard InChI is InChI=1S/C13H20N2O5/c1-4-7-14(9-11(16)17)13(19)15(8-5-2)10-12(18)20-6-3/h1H,5-10H2,2-3H3,(H,16,17). The van der Waals surface area contributed by atoms with Gasteiger partial charge in [-0.25, -0.2) is 4.79 Å². The number of carbonyl (C=O) groups is 3. The fourth-order valence-corrected chi connectivity index (χ4v) is 1.54. The van der Waals surface area contributed by atoms with Crippen molar-refractivity contribution in [1.29, 1.82) is 0 Å². The maximum Gasteiger partial charge on any atom is 0.325 e. The van der Waals surface area contributed by atoms with Gasteiger partial charge in [0.15, 0.2) is 0 Å². The SMILES string of the molecule is C#CCN(CC(=O)O)C(=O)N(CCC)CC(=O)OCC. The van der Waals surface area contributed by atoms with Gasteiger partial charge < -0.3 is 19.6 Å². The molecule has 0 saturated carbocycles. The molecule has 1 N–H and O–H groups in total. The van der Waals surface area contributed by atoms with E-state index in [9.17, 15) is 14.4 Å². The van der Waals surface area contributed by atoms with Gasteiger partial charge >= 0.3 is 18.0 Å². The number of hydrogen-bond acceptors (Lipinski definition) is 4. The van der Waals surface area contributed by atoms with Gasteiger partial charge in [-0.3, -0.25) is 9.59 Å². The molecule has 112 valence electrons. The van der Waals surface area contributed by atoms with Crippen LogP contribution < -0.4 is 0 Å². The van der Waals surface area contributed by atoms with Gasteiger partial charge in [0.05, 0.1) is 13.2 Å². The fraction of sp³-hybridized carbons (Fsp3) is 0.615. The number of carboxylic acid groups (broad SMARTS) is 1. The summed E-state index contributed by atoms with van der Waals surface area (Å²) in [6, 6.07) is -0.583. The minimum Gasteiger partial charge on any atom is -0.480 e. The Morgan fingerprint density at radius 3 is 2.30 bits per heavy atom. The average molecular weight is 284 g/mol. The zero-order chi connectivity index (χ0) is 15.5. The fourth-order valence-electron chi connectivity index (χ4n) is 1.54. The molecule has 7 nitrogen and oxygen atoms in total. The Labute approximate surface area is 118 Å². The van der Waals surface area contributed by atoms with Crippen molar-refractivity contribution in [3.05, 3.63) is 0 Å². The van der Waals surface area contributed by atoms with Crippen molar-refractivity contribution in [3.63, 3.8) is 0 Å². The van der Waals surface area contributed by atoms with E-state index in [1.54, 1.807) is 6.92 Å². The molecule has 0 atom stereocenters.